The molecule has 1 heterocycles. The number of carbonyl (C=O) groups is 1. The molecule has 74 valence electrons. The summed E-state index contributed by atoms with van der Waals surface area (Å²) in [6, 6.07) is 3.45. The van der Waals surface area contributed by atoms with Crippen LogP contribution >= 0.6 is 0 Å². The summed E-state index contributed by atoms with van der Waals surface area (Å²) in [4.78, 5) is 11.4. The zero-order valence-electron chi connectivity index (χ0n) is 8.07. The highest BCUT2D eigenvalue weighted by molar-refractivity contribution is 5.78. The number of nitrogens with zero attached hydrogens (tertiary/aromatic N) is 2. The SMILES string of the molecule is CCOC(=O)n1c(C)cc(C#N)c1N. The summed E-state index contributed by atoms with van der Waals surface area (Å²) in [5.41, 5.74) is 6.47. The molecule has 1 rings (SSSR count). The van der Waals surface area contributed by atoms with E-state index in [0.717, 1.165) is 0 Å². The second kappa shape index (κ2) is 3.83. The summed E-state index contributed by atoms with van der Waals surface area (Å²) >= 11 is 0. The second-order valence-corrected chi connectivity index (χ2v) is 2.73. The lowest BCUT2D eigenvalue weighted by molar-refractivity contribution is 0.154. The van der Waals surface area contributed by atoms with Crippen molar-refractivity contribution < 1.29 is 9.53 Å². The summed E-state index contributed by atoms with van der Waals surface area (Å²) in [6.45, 7) is 3.67. The van der Waals surface area contributed by atoms with Gasteiger partial charge in [-0.3, -0.25) is 0 Å². The molecule has 0 aliphatic carbocycles. The zero-order chi connectivity index (χ0) is 10.7. The fourth-order valence-corrected chi connectivity index (χ4v) is 1.18. The van der Waals surface area contributed by atoms with Gasteiger partial charge in [0.1, 0.15) is 11.9 Å². The minimum Gasteiger partial charge on any atom is -0.449 e. The van der Waals surface area contributed by atoms with Crippen LogP contribution < -0.4 is 5.73 Å². The Balaban J connectivity index is 3.15. The van der Waals surface area contributed by atoms with Gasteiger partial charge in [0.2, 0.25) is 0 Å². The number of carbonyl (C=O) groups excluding carboxylic acids is 1. The molecule has 0 saturated carbocycles. The molecule has 14 heavy (non-hydrogen) atoms. The first kappa shape index (κ1) is 10.1. The highest BCUT2D eigenvalue weighted by atomic mass is 16.5. The highest BCUT2D eigenvalue weighted by Crippen LogP contribution is 2.17. The number of hydrogen-bond donors (Lipinski definition) is 1. The maximum atomic E-state index is 11.4. The summed E-state index contributed by atoms with van der Waals surface area (Å²) in [7, 11) is 0. The molecule has 5 heteroatoms. The van der Waals surface area contributed by atoms with Crippen LogP contribution in [0.1, 0.15) is 18.2 Å². The van der Waals surface area contributed by atoms with Crippen molar-refractivity contribution in [3.8, 4) is 6.07 Å². The predicted octanol–water partition coefficient (Wildman–Crippen LogP) is 1.25. The van der Waals surface area contributed by atoms with E-state index in [4.69, 9.17) is 15.7 Å². The number of nitriles is 1. The Labute approximate surface area is 81.7 Å². The average Bonchev–Trinajstić information content (AvgIpc) is 2.41. The van der Waals surface area contributed by atoms with Crippen LogP contribution in [0.3, 0.4) is 0 Å². The molecule has 0 fully saturated rings. The molecule has 0 aromatic carbocycles. The van der Waals surface area contributed by atoms with Gasteiger partial charge in [0.05, 0.1) is 12.2 Å². The maximum Gasteiger partial charge on any atom is 0.419 e. The standard InChI is InChI=1S/C9H11N3O2/c1-3-14-9(13)12-6(2)4-7(5-10)8(12)11/h4H,3,11H2,1-2H3. The summed E-state index contributed by atoms with van der Waals surface area (Å²) in [5, 5.41) is 8.67. The fourth-order valence-electron chi connectivity index (χ4n) is 1.18. The van der Waals surface area contributed by atoms with Gasteiger partial charge in [-0.2, -0.15) is 5.26 Å². The van der Waals surface area contributed by atoms with Gasteiger partial charge in [-0.25, -0.2) is 9.36 Å². The molecule has 0 radical (unpaired) electrons. The van der Waals surface area contributed by atoms with Crippen molar-refractivity contribution in [3.63, 3.8) is 0 Å². The second-order valence-electron chi connectivity index (χ2n) is 2.73. The predicted molar refractivity (Wildman–Crippen MR) is 50.7 cm³/mol. The van der Waals surface area contributed by atoms with Crippen LogP contribution in [0.5, 0.6) is 0 Å². The van der Waals surface area contributed by atoms with E-state index >= 15 is 0 Å². The zero-order valence-corrected chi connectivity index (χ0v) is 8.07. The monoisotopic (exact) mass is 193 g/mol. The molecule has 5 nitrogen and oxygen atoms in total. The van der Waals surface area contributed by atoms with E-state index in [1.54, 1.807) is 19.9 Å². The van der Waals surface area contributed by atoms with Crippen molar-refractivity contribution >= 4 is 11.9 Å². The van der Waals surface area contributed by atoms with Crippen LogP contribution in [0.2, 0.25) is 0 Å². The average molecular weight is 193 g/mol. The fraction of sp³-hybridized carbons (Fsp3) is 0.333. The number of anilines is 1. The molecule has 0 amide bonds. The molecule has 1 aromatic heterocycles. The largest absolute Gasteiger partial charge is 0.449 e. The molecule has 0 bridgehead atoms. The molecule has 0 aliphatic heterocycles. The molecule has 2 N–H and O–H groups in total. The minimum absolute atomic E-state index is 0.128. The third-order valence-corrected chi connectivity index (χ3v) is 1.79. The van der Waals surface area contributed by atoms with Crippen molar-refractivity contribution in [2.45, 2.75) is 13.8 Å². The first-order chi connectivity index (χ1) is 6.61. The van der Waals surface area contributed by atoms with E-state index in [9.17, 15) is 4.79 Å². The van der Waals surface area contributed by atoms with Gasteiger partial charge in [-0.15, -0.1) is 0 Å². The van der Waals surface area contributed by atoms with Gasteiger partial charge in [-0.05, 0) is 19.9 Å². The first-order valence-corrected chi connectivity index (χ1v) is 4.16. The molecule has 0 saturated heterocycles. The highest BCUT2D eigenvalue weighted by Gasteiger charge is 2.15. The number of aryl methyl sites for hydroxylation is 1. The van der Waals surface area contributed by atoms with Crippen molar-refractivity contribution in [2.75, 3.05) is 12.3 Å². The smallest absolute Gasteiger partial charge is 0.419 e. The Morgan fingerprint density at radius 1 is 1.79 bits per heavy atom. The molecular weight excluding hydrogens is 182 g/mol. The maximum absolute atomic E-state index is 11.4. The third kappa shape index (κ3) is 1.55. The van der Waals surface area contributed by atoms with Crippen LogP contribution in [0.4, 0.5) is 10.6 Å². The van der Waals surface area contributed by atoms with Crippen molar-refractivity contribution in [2.24, 2.45) is 0 Å². The number of aromatic nitrogens is 1. The Morgan fingerprint density at radius 2 is 2.43 bits per heavy atom. The first-order valence-electron chi connectivity index (χ1n) is 4.16. The van der Waals surface area contributed by atoms with Gasteiger partial charge in [0.15, 0.2) is 0 Å². The molecular formula is C9H11N3O2. The molecule has 0 atom stereocenters. The number of ether oxygens (including phenoxy) is 1. The Bertz CT molecular complexity index is 401. The lowest BCUT2D eigenvalue weighted by Crippen LogP contribution is -2.17. The van der Waals surface area contributed by atoms with Gasteiger partial charge in [-0.1, -0.05) is 0 Å². The molecule has 0 aliphatic rings. The Hall–Kier alpha value is -1.96. The summed E-state index contributed by atoms with van der Waals surface area (Å²) in [5.74, 6) is 0.128. The van der Waals surface area contributed by atoms with Crippen LogP contribution in [0.25, 0.3) is 0 Å². The quantitative estimate of drug-likeness (QED) is 0.727. The van der Waals surface area contributed by atoms with Gasteiger partial charge >= 0.3 is 6.09 Å². The molecule has 1 aromatic rings. The molecule has 0 spiro atoms. The number of hydrogen-bond acceptors (Lipinski definition) is 4. The third-order valence-electron chi connectivity index (χ3n) is 1.79. The number of nitrogens with two attached hydrogens (primary N) is 1. The van der Waals surface area contributed by atoms with E-state index in [-0.39, 0.29) is 18.0 Å². The van der Waals surface area contributed by atoms with E-state index < -0.39 is 6.09 Å². The normalized spacial score (nSPS) is 9.50. The van der Waals surface area contributed by atoms with E-state index in [1.807, 2.05) is 6.07 Å². The Kier molecular flexibility index (Phi) is 2.77. The van der Waals surface area contributed by atoms with Crippen LogP contribution in [-0.2, 0) is 4.74 Å². The van der Waals surface area contributed by atoms with Gasteiger partial charge in [0.25, 0.3) is 0 Å². The van der Waals surface area contributed by atoms with E-state index in [0.29, 0.717) is 5.69 Å². The van der Waals surface area contributed by atoms with Crippen LogP contribution in [0.15, 0.2) is 6.07 Å². The van der Waals surface area contributed by atoms with Crippen LogP contribution in [0, 0.1) is 18.3 Å². The topological polar surface area (TPSA) is 81.0 Å². The van der Waals surface area contributed by atoms with Crippen molar-refractivity contribution in [1.82, 2.24) is 4.57 Å². The minimum atomic E-state index is -0.552. The molecule has 0 unspecified atom stereocenters. The summed E-state index contributed by atoms with van der Waals surface area (Å²) in [6.07, 6.45) is -0.552. The van der Waals surface area contributed by atoms with Crippen molar-refractivity contribution in [1.29, 1.82) is 5.26 Å². The van der Waals surface area contributed by atoms with Gasteiger partial charge < -0.3 is 10.5 Å². The van der Waals surface area contributed by atoms with E-state index in [1.165, 1.54) is 4.57 Å². The van der Waals surface area contributed by atoms with Gasteiger partial charge in [0, 0.05) is 5.69 Å². The number of nitrogen functional groups attached to an aromatic ring is 1. The lowest BCUT2D eigenvalue weighted by atomic mass is 10.3. The van der Waals surface area contributed by atoms with Crippen molar-refractivity contribution in [3.05, 3.63) is 17.3 Å². The number of rotatable bonds is 1. The summed E-state index contributed by atoms with van der Waals surface area (Å²) < 4.78 is 5.96. The lowest BCUT2D eigenvalue weighted by Gasteiger charge is -2.06. The Morgan fingerprint density at radius 3 is 2.86 bits per heavy atom. The van der Waals surface area contributed by atoms with E-state index in [2.05, 4.69) is 0 Å². The van der Waals surface area contributed by atoms with Crippen LogP contribution in [-0.4, -0.2) is 17.3 Å².